The monoisotopic (exact) mass is 189 g/mol. The Labute approximate surface area is 79.5 Å². The average molecular weight is 189 g/mol. The van der Waals surface area contributed by atoms with Gasteiger partial charge in [0, 0.05) is 13.2 Å². The van der Waals surface area contributed by atoms with Crippen LogP contribution in [0.4, 0.5) is 0 Å². The molecule has 1 unspecified atom stereocenters. The highest BCUT2D eigenvalue weighted by Gasteiger charge is 2.38. The Kier molecular flexibility index (Phi) is 4.36. The van der Waals surface area contributed by atoms with E-state index in [-0.39, 0.29) is 12.6 Å². The van der Waals surface area contributed by atoms with Crippen LogP contribution in [-0.4, -0.2) is 48.3 Å². The van der Waals surface area contributed by atoms with Gasteiger partial charge >= 0.3 is 5.97 Å². The SMILES string of the molecule is COCC(C)(C(=O)O)N(C)C(C)C. The molecule has 0 rings (SSSR count). The van der Waals surface area contributed by atoms with Crippen molar-refractivity contribution in [3.05, 3.63) is 0 Å². The summed E-state index contributed by atoms with van der Waals surface area (Å²) in [7, 11) is 3.30. The van der Waals surface area contributed by atoms with Crippen molar-refractivity contribution in [2.24, 2.45) is 0 Å². The first-order valence-electron chi connectivity index (χ1n) is 4.31. The third-order valence-electron chi connectivity index (χ3n) is 2.44. The number of aliphatic carboxylic acids is 1. The molecule has 0 aromatic heterocycles. The molecule has 0 spiro atoms. The Morgan fingerprint density at radius 1 is 1.62 bits per heavy atom. The Morgan fingerprint density at radius 2 is 2.08 bits per heavy atom. The Hall–Kier alpha value is -0.610. The zero-order valence-corrected chi connectivity index (χ0v) is 9.00. The van der Waals surface area contributed by atoms with Crippen LogP contribution >= 0.6 is 0 Å². The van der Waals surface area contributed by atoms with Gasteiger partial charge in [-0.1, -0.05) is 0 Å². The number of carbonyl (C=O) groups is 1. The molecule has 4 nitrogen and oxygen atoms in total. The second kappa shape index (κ2) is 4.58. The van der Waals surface area contributed by atoms with Gasteiger partial charge in [-0.3, -0.25) is 9.69 Å². The lowest BCUT2D eigenvalue weighted by Crippen LogP contribution is -2.56. The van der Waals surface area contributed by atoms with Crippen molar-refractivity contribution in [3.63, 3.8) is 0 Å². The van der Waals surface area contributed by atoms with Crippen LogP contribution in [0.25, 0.3) is 0 Å². The molecule has 0 amide bonds. The summed E-state index contributed by atoms with van der Waals surface area (Å²) in [4.78, 5) is 12.8. The first-order valence-corrected chi connectivity index (χ1v) is 4.31. The van der Waals surface area contributed by atoms with E-state index in [2.05, 4.69) is 0 Å². The summed E-state index contributed by atoms with van der Waals surface area (Å²) in [6.45, 7) is 5.77. The zero-order chi connectivity index (χ0) is 10.6. The number of ether oxygens (including phenoxy) is 1. The Morgan fingerprint density at radius 3 is 2.31 bits per heavy atom. The highest BCUT2D eigenvalue weighted by Crippen LogP contribution is 2.16. The predicted molar refractivity (Wildman–Crippen MR) is 50.8 cm³/mol. The van der Waals surface area contributed by atoms with Crippen LogP contribution in [0.1, 0.15) is 20.8 Å². The molecule has 0 saturated heterocycles. The van der Waals surface area contributed by atoms with Crippen molar-refractivity contribution in [3.8, 4) is 0 Å². The standard InChI is InChI=1S/C9H19NO3/c1-7(2)10(4)9(3,6-13-5)8(11)12/h7H,6H2,1-5H3,(H,11,12). The lowest BCUT2D eigenvalue weighted by Gasteiger charge is -2.37. The summed E-state index contributed by atoms with van der Waals surface area (Å²) in [6.07, 6.45) is 0. The molecule has 0 aliphatic heterocycles. The molecule has 4 heteroatoms. The van der Waals surface area contributed by atoms with Crippen LogP contribution in [0.3, 0.4) is 0 Å². The average Bonchev–Trinajstić information content (AvgIpc) is 2.02. The van der Waals surface area contributed by atoms with E-state index >= 15 is 0 Å². The van der Waals surface area contributed by atoms with Crippen molar-refractivity contribution >= 4 is 5.97 Å². The molecule has 0 heterocycles. The molecule has 13 heavy (non-hydrogen) atoms. The van der Waals surface area contributed by atoms with E-state index in [0.717, 1.165) is 0 Å². The van der Waals surface area contributed by atoms with E-state index in [1.54, 1.807) is 18.9 Å². The largest absolute Gasteiger partial charge is 0.480 e. The van der Waals surface area contributed by atoms with Gasteiger partial charge < -0.3 is 9.84 Å². The number of methoxy groups -OCH3 is 1. The number of hydrogen-bond acceptors (Lipinski definition) is 3. The van der Waals surface area contributed by atoms with Crippen LogP contribution in [0.5, 0.6) is 0 Å². The maximum Gasteiger partial charge on any atom is 0.326 e. The minimum absolute atomic E-state index is 0.177. The maximum atomic E-state index is 11.0. The molecule has 0 fully saturated rings. The fourth-order valence-electron chi connectivity index (χ4n) is 1.17. The van der Waals surface area contributed by atoms with Gasteiger partial charge in [0.15, 0.2) is 0 Å². The molecule has 0 aromatic rings. The lowest BCUT2D eigenvalue weighted by atomic mass is 10.0. The van der Waals surface area contributed by atoms with Crippen LogP contribution in [0.15, 0.2) is 0 Å². The zero-order valence-electron chi connectivity index (χ0n) is 9.00. The van der Waals surface area contributed by atoms with E-state index in [9.17, 15) is 4.79 Å². The van der Waals surface area contributed by atoms with Crippen molar-refractivity contribution in [2.75, 3.05) is 20.8 Å². The van der Waals surface area contributed by atoms with E-state index < -0.39 is 11.5 Å². The summed E-state index contributed by atoms with van der Waals surface area (Å²) in [5.74, 6) is -0.856. The summed E-state index contributed by atoms with van der Waals surface area (Å²) < 4.78 is 4.92. The quantitative estimate of drug-likeness (QED) is 0.695. The van der Waals surface area contributed by atoms with E-state index in [0.29, 0.717) is 0 Å². The van der Waals surface area contributed by atoms with Gasteiger partial charge in [-0.15, -0.1) is 0 Å². The van der Waals surface area contributed by atoms with Gasteiger partial charge in [0.25, 0.3) is 0 Å². The van der Waals surface area contributed by atoms with Crippen LogP contribution in [0, 0.1) is 0 Å². The van der Waals surface area contributed by atoms with Crippen molar-refractivity contribution in [1.82, 2.24) is 4.90 Å². The smallest absolute Gasteiger partial charge is 0.326 e. The fourth-order valence-corrected chi connectivity index (χ4v) is 1.17. The second-order valence-corrected chi connectivity index (χ2v) is 3.72. The molecule has 0 aliphatic carbocycles. The summed E-state index contributed by atoms with van der Waals surface area (Å²) in [5.41, 5.74) is -0.942. The third-order valence-corrected chi connectivity index (χ3v) is 2.44. The molecule has 78 valence electrons. The van der Waals surface area contributed by atoms with Crippen molar-refractivity contribution < 1.29 is 14.6 Å². The van der Waals surface area contributed by atoms with Gasteiger partial charge in [-0.05, 0) is 27.8 Å². The number of carboxylic acids is 1. The van der Waals surface area contributed by atoms with Gasteiger partial charge in [0.1, 0.15) is 5.54 Å². The minimum atomic E-state index is -0.942. The number of nitrogens with zero attached hydrogens (tertiary/aromatic N) is 1. The minimum Gasteiger partial charge on any atom is -0.480 e. The Bertz CT molecular complexity index is 182. The number of rotatable bonds is 5. The fraction of sp³-hybridized carbons (Fsp3) is 0.889. The maximum absolute atomic E-state index is 11.0. The van der Waals surface area contributed by atoms with Gasteiger partial charge in [0.2, 0.25) is 0 Å². The molecule has 0 aromatic carbocycles. The number of hydrogen-bond donors (Lipinski definition) is 1. The number of carboxylic acid groups (broad SMARTS) is 1. The topological polar surface area (TPSA) is 49.8 Å². The van der Waals surface area contributed by atoms with Gasteiger partial charge in [-0.2, -0.15) is 0 Å². The normalized spacial score (nSPS) is 16.2. The summed E-state index contributed by atoms with van der Waals surface area (Å²) >= 11 is 0. The molecule has 0 saturated carbocycles. The molecular weight excluding hydrogens is 170 g/mol. The third kappa shape index (κ3) is 2.67. The number of likely N-dealkylation sites (N-methyl/N-ethyl adjacent to an activating group) is 1. The first-order chi connectivity index (χ1) is 5.86. The predicted octanol–water partition coefficient (Wildman–Crippen LogP) is 0.816. The highest BCUT2D eigenvalue weighted by atomic mass is 16.5. The van der Waals surface area contributed by atoms with E-state index in [1.807, 2.05) is 13.8 Å². The van der Waals surface area contributed by atoms with Crippen LogP contribution in [-0.2, 0) is 9.53 Å². The molecule has 1 atom stereocenters. The molecule has 0 bridgehead atoms. The molecule has 1 N–H and O–H groups in total. The van der Waals surface area contributed by atoms with E-state index in [1.165, 1.54) is 7.11 Å². The first kappa shape index (κ1) is 12.4. The van der Waals surface area contributed by atoms with Gasteiger partial charge in [0.05, 0.1) is 6.61 Å². The summed E-state index contributed by atoms with van der Waals surface area (Å²) in [6, 6.07) is 0.177. The second-order valence-electron chi connectivity index (χ2n) is 3.72. The van der Waals surface area contributed by atoms with E-state index in [4.69, 9.17) is 9.84 Å². The van der Waals surface area contributed by atoms with Crippen LogP contribution in [0.2, 0.25) is 0 Å². The molecule has 0 radical (unpaired) electrons. The van der Waals surface area contributed by atoms with Crippen molar-refractivity contribution in [2.45, 2.75) is 32.4 Å². The van der Waals surface area contributed by atoms with Crippen LogP contribution < -0.4 is 0 Å². The highest BCUT2D eigenvalue weighted by molar-refractivity contribution is 5.78. The summed E-state index contributed by atoms with van der Waals surface area (Å²) in [5, 5.41) is 9.06. The van der Waals surface area contributed by atoms with Crippen molar-refractivity contribution in [1.29, 1.82) is 0 Å². The Balaban J connectivity index is 4.67. The lowest BCUT2D eigenvalue weighted by molar-refractivity contribution is -0.154. The van der Waals surface area contributed by atoms with Gasteiger partial charge in [-0.25, -0.2) is 0 Å². The molecular formula is C9H19NO3. The molecule has 0 aliphatic rings.